The highest BCUT2D eigenvalue weighted by Gasteiger charge is 2.82. The summed E-state index contributed by atoms with van der Waals surface area (Å²) in [5, 5.41) is 0. The van der Waals surface area contributed by atoms with E-state index >= 15 is 0 Å². The van der Waals surface area contributed by atoms with Gasteiger partial charge in [-0.3, -0.25) is 4.74 Å². The van der Waals surface area contributed by atoms with E-state index in [-0.39, 0.29) is 0 Å². The average molecular weight is 462 g/mol. The van der Waals surface area contributed by atoms with Crippen molar-refractivity contribution in [2.45, 2.75) is 34.2 Å². The van der Waals surface area contributed by atoms with Gasteiger partial charge < -0.3 is 0 Å². The van der Waals surface area contributed by atoms with Crippen LogP contribution in [0.25, 0.3) is 0 Å². The normalized spacial score (nSPS) is 18.6. The lowest BCUT2D eigenvalue weighted by Gasteiger charge is -2.36. The molecule has 0 N–H and O–H groups in total. The monoisotopic (exact) mass is 462 g/mol. The molecular weight excluding hydrogens is 462 g/mol. The van der Waals surface area contributed by atoms with E-state index in [1.165, 1.54) is 0 Å². The Morgan fingerprint density at radius 2 is 0.810 bits per heavy atom. The zero-order valence-electron chi connectivity index (χ0n) is 8.70. The third kappa shape index (κ3) is 3.58. The molecule has 0 amide bonds. The van der Waals surface area contributed by atoms with Crippen LogP contribution in [0.3, 0.4) is 0 Å². The van der Waals surface area contributed by atoms with Crippen LogP contribution < -0.4 is 0 Å². The summed E-state index contributed by atoms with van der Waals surface area (Å²) in [6.07, 6.45) is -28.0. The zero-order valence-corrected chi connectivity index (χ0v) is 10.9. The van der Waals surface area contributed by atoms with Gasteiger partial charge >= 0.3 is 34.2 Å². The summed E-state index contributed by atoms with van der Waals surface area (Å²) in [7, 11) is 0. The Kier molecular flexibility index (Phi) is 5.10. The molecule has 128 valence electrons. The van der Waals surface area contributed by atoms with E-state index in [0.717, 1.165) is 0 Å². The molecular formula is C6F13IO. The first-order valence-corrected chi connectivity index (χ1v) is 5.13. The first-order chi connectivity index (χ1) is 8.71. The maximum absolute atomic E-state index is 12.8. The molecule has 0 aliphatic rings. The number of hydrogen-bond acceptors (Lipinski definition) is 1. The summed E-state index contributed by atoms with van der Waals surface area (Å²) in [5.41, 5.74) is 0. The molecule has 0 aromatic heterocycles. The van der Waals surface area contributed by atoms with Gasteiger partial charge in [-0.1, -0.05) is 0 Å². The van der Waals surface area contributed by atoms with Crippen LogP contribution in [0.15, 0.2) is 0 Å². The SMILES string of the molecule is FC(F)(F)C(F)(OC(F)(F)[C@](F)(I)C(F)(F)F)C(F)(F)F. The molecule has 0 aromatic carbocycles. The number of ether oxygens (including phenoxy) is 1. The standard InChI is InChI=1S/C6F13IO/c7-1(20,3(9,10)11)6(18,19)21-2(8,4(12,13)14)5(15,16)17/t1-/m1/s1. The van der Waals surface area contributed by atoms with Gasteiger partial charge in [0.05, 0.1) is 0 Å². The van der Waals surface area contributed by atoms with Gasteiger partial charge in [0, 0.05) is 0 Å². The van der Waals surface area contributed by atoms with Crippen molar-refractivity contribution in [2.24, 2.45) is 0 Å². The van der Waals surface area contributed by atoms with Gasteiger partial charge in [0.25, 0.3) is 0 Å². The number of halogens is 14. The maximum atomic E-state index is 12.8. The Morgan fingerprint density at radius 1 is 0.524 bits per heavy atom. The smallest absolute Gasteiger partial charge is 0.264 e. The van der Waals surface area contributed by atoms with Gasteiger partial charge in [-0.2, -0.15) is 52.7 Å². The third-order valence-corrected chi connectivity index (χ3v) is 2.96. The third-order valence-electron chi connectivity index (χ3n) is 1.72. The molecule has 0 spiro atoms. The van der Waals surface area contributed by atoms with E-state index < -0.39 is 56.8 Å². The Bertz CT molecular complexity index is 362. The minimum absolute atomic E-state index is 0.846. The highest BCUT2D eigenvalue weighted by Crippen LogP contribution is 2.56. The van der Waals surface area contributed by atoms with Crippen LogP contribution in [-0.4, -0.2) is 34.2 Å². The van der Waals surface area contributed by atoms with Gasteiger partial charge in [0.15, 0.2) is 0 Å². The average Bonchev–Trinajstić information content (AvgIpc) is 2.10. The topological polar surface area (TPSA) is 9.23 Å². The molecule has 0 radical (unpaired) electrons. The van der Waals surface area contributed by atoms with Crippen molar-refractivity contribution in [1.82, 2.24) is 0 Å². The molecule has 15 heteroatoms. The van der Waals surface area contributed by atoms with Crippen molar-refractivity contribution in [2.75, 3.05) is 0 Å². The summed E-state index contributed by atoms with van der Waals surface area (Å²) < 4.78 is 153. The van der Waals surface area contributed by atoms with E-state index in [4.69, 9.17) is 0 Å². The van der Waals surface area contributed by atoms with Crippen molar-refractivity contribution in [3.05, 3.63) is 0 Å². The molecule has 1 atom stereocenters. The van der Waals surface area contributed by atoms with Gasteiger partial charge in [-0.05, 0) is 22.6 Å². The van der Waals surface area contributed by atoms with Crippen molar-refractivity contribution in [1.29, 1.82) is 0 Å². The molecule has 0 unspecified atom stereocenters. The van der Waals surface area contributed by atoms with Crippen molar-refractivity contribution >= 4 is 22.6 Å². The van der Waals surface area contributed by atoms with E-state index in [0.29, 0.717) is 0 Å². The van der Waals surface area contributed by atoms with Crippen LogP contribution >= 0.6 is 22.6 Å². The fraction of sp³-hybridized carbons (Fsp3) is 1.00. The van der Waals surface area contributed by atoms with Crippen LogP contribution in [0.4, 0.5) is 57.1 Å². The van der Waals surface area contributed by atoms with Crippen LogP contribution in [0.5, 0.6) is 0 Å². The summed E-state index contributed by atoms with van der Waals surface area (Å²) in [6, 6.07) is 0. The lowest BCUT2D eigenvalue weighted by atomic mass is 10.2. The second-order valence-corrected chi connectivity index (χ2v) is 4.77. The number of alkyl halides is 14. The van der Waals surface area contributed by atoms with Crippen LogP contribution in [-0.2, 0) is 4.74 Å². The zero-order chi connectivity index (χ0) is 17.7. The number of rotatable bonds is 3. The molecule has 0 saturated heterocycles. The van der Waals surface area contributed by atoms with Crippen molar-refractivity contribution < 1.29 is 61.8 Å². The highest BCUT2D eigenvalue weighted by atomic mass is 127. The molecule has 0 saturated carbocycles. The molecule has 0 aliphatic carbocycles. The molecule has 0 aromatic rings. The lowest BCUT2D eigenvalue weighted by Crippen LogP contribution is -2.63. The predicted molar refractivity (Wildman–Crippen MR) is 45.9 cm³/mol. The predicted octanol–water partition coefficient (Wildman–Crippen LogP) is 5.05. The van der Waals surface area contributed by atoms with Gasteiger partial charge in [0.1, 0.15) is 0 Å². The van der Waals surface area contributed by atoms with E-state index in [9.17, 15) is 57.1 Å². The molecule has 0 heterocycles. The van der Waals surface area contributed by atoms with Crippen LogP contribution in [0, 0.1) is 0 Å². The Morgan fingerprint density at radius 3 is 1.00 bits per heavy atom. The first kappa shape index (κ1) is 20.8. The summed E-state index contributed by atoms with van der Waals surface area (Å²) in [4.78, 5) is 0. The summed E-state index contributed by atoms with van der Waals surface area (Å²) in [6.45, 7) is 0. The molecule has 21 heavy (non-hydrogen) atoms. The lowest BCUT2D eigenvalue weighted by molar-refractivity contribution is -0.496. The Balaban J connectivity index is 5.89. The molecule has 0 aliphatic heterocycles. The Labute approximate surface area is 119 Å². The van der Waals surface area contributed by atoms with E-state index in [2.05, 4.69) is 0 Å². The Hall–Kier alpha value is -0.220. The minimum atomic E-state index is -7.24. The second-order valence-electron chi connectivity index (χ2n) is 3.28. The molecule has 0 fully saturated rings. The van der Waals surface area contributed by atoms with Crippen LogP contribution in [0.1, 0.15) is 0 Å². The van der Waals surface area contributed by atoms with Gasteiger partial charge in [-0.25, -0.2) is 4.39 Å². The molecule has 0 bridgehead atoms. The molecule has 1 nitrogen and oxygen atoms in total. The van der Waals surface area contributed by atoms with Crippen LogP contribution in [0.2, 0.25) is 0 Å². The summed E-state index contributed by atoms with van der Waals surface area (Å²) >= 11 is -0.846. The van der Waals surface area contributed by atoms with Crippen molar-refractivity contribution in [3.8, 4) is 0 Å². The van der Waals surface area contributed by atoms with E-state index in [1.54, 1.807) is 4.74 Å². The van der Waals surface area contributed by atoms with E-state index in [1.807, 2.05) is 0 Å². The first-order valence-electron chi connectivity index (χ1n) is 4.05. The fourth-order valence-corrected chi connectivity index (χ4v) is 0.792. The number of hydrogen-bond donors (Lipinski definition) is 0. The summed E-state index contributed by atoms with van der Waals surface area (Å²) in [5.74, 6) is -7.21. The second kappa shape index (κ2) is 5.16. The highest BCUT2D eigenvalue weighted by molar-refractivity contribution is 14.1. The maximum Gasteiger partial charge on any atom is 0.458 e. The van der Waals surface area contributed by atoms with Gasteiger partial charge in [-0.15, -0.1) is 0 Å². The van der Waals surface area contributed by atoms with Gasteiger partial charge in [0.2, 0.25) is 0 Å². The molecule has 0 rings (SSSR count). The van der Waals surface area contributed by atoms with Crippen molar-refractivity contribution in [3.63, 3.8) is 0 Å². The largest absolute Gasteiger partial charge is 0.458 e. The minimum Gasteiger partial charge on any atom is -0.264 e. The fourth-order valence-electron chi connectivity index (χ4n) is 0.682. The quantitative estimate of drug-likeness (QED) is 0.325.